The highest BCUT2D eigenvalue weighted by atomic mass is 35.5. The van der Waals surface area contributed by atoms with E-state index in [-0.39, 0.29) is 11.4 Å². The van der Waals surface area contributed by atoms with Gasteiger partial charge < -0.3 is 9.52 Å². The lowest BCUT2D eigenvalue weighted by Crippen LogP contribution is -2.28. The molecule has 0 saturated carbocycles. The number of nitrogens with one attached hydrogen (secondary N) is 1. The summed E-state index contributed by atoms with van der Waals surface area (Å²) in [7, 11) is -3.68. The van der Waals surface area contributed by atoms with Crippen molar-refractivity contribution in [2.45, 2.75) is 17.9 Å². The quantitative estimate of drug-likeness (QED) is 0.887. The van der Waals surface area contributed by atoms with Crippen molar-refractivity contribution in [3.63, 3.8) is 0 Å². The average molecular weight is 316 g/mol. The van der Waals surface area contributed by atoms with E-state index in [1.807, 2.05) is 0 Å². The van der Waals surface area contributed by atoms with E-state index >= 15 is 0 Å². The maximum Gasteiger partial charge on any atom is 0.240 e. The summed E-state index contributed by atoms with van der Waals surface area (Å²) in [5, 5.41) is 10.3. The second-order valence-corrected chi connectivity index (χ2v) is 6.47. The van der Waals surface area contributed by atoms with Gasteiger partial charge in [-0.3, -0.25) is 0 Å². The van der Waals surface area contributed by atoms with Crippen LogP contribution in [-0.2, 0) is 10.0 Å². The molecular weight excluding hydrogens is 302 g/mol. The summed E-state index contributed by atoms with van der Waals surface area (Å²) in [6.07, 6.45) is -1.04. The molecule has 0 spiro atoms. The SMILES string of the molecule is Cc1ccc(C(O)CNS(=O)(=O)c2ccc(Cl)cc2)o1. The zero-order valence-electron chi connectivity index (χ0n) is 10.7. The van der Waals surface area contributed by atoms with E-state index in [0.717, 1.165) is 0 Å². The van der Waals surface area contributed by atoms with Crippen LogP contribution in [0.4, 0.5) is 0 Å². The molecule has 0 amide bonds. The van der Waals surface area contributed by atoms with E-state index in [1.54, 1.807) is 19.1 Å². The van der Waals surface area contributed by atoms with Gasteiger partial charge in [0.15, 0.2) is 0 Å². The van der Waals surface area contributed by atoms with Crippen LogP contribution in [0.5, 0.6) is 0 Å². The number of sulfonamides is 1. The molecule has 5 nitrogen and oxygen atoms in total. The predicted molar refractivity (Wildman–Crippen MR) is 75.0 cm³/mol. The van der Waals surface area contributed by atoms with E-state index in [0.29, 0.717) is 16.5 Å². The minimum atomic E-state index is -3.68. The number of furan rings is 1. The van der Waals surface area contributed by atoms with Gasteiger partial charge in [0.25, 0.3) is 0 Å². The van der Waals surface area contributed by atoms with Gasteiger partial charge in [-0.1, -0.05) is 11.6 Å². The molecule has 108 valence electrons. The largest absolute Gasteiger partial charge is 0.464 e. The molecule has 0 aliphatic heterocycles. The fourth-order valence-electron chi connectivity index (χ4n) is 1.62. The zero-order chi connectivity index (χ0) is 14.8. The summed E-state index contributed by atoms with van der Waals surface area (Å²) in [6, 6.07) is 9.08. The van der Waals surface area contributed by atoms with Crippen molar-refractivity contribution >= 4 is 21.6 Å². The molecule has 0 radical (unpaired) electrons. The highest BCUT2D eigenvalue weighted by Crippen LogP contribution is 2.17. The topological polar surface area (TPSA) is 79.5 Å². The Bertz CT molecular complexity index is 679. The van der Waals surface area contributed by atoms with Crippen molar-refractivity contribution in [1.82, 2.24) is 4.72 Å². The Morgan fingerprint density at radius 2 is 1.90 bits per heavy atom. The van der Waals surface area contributed by atoms with E-state index in [1.165, 1.54) is 24.3 Å². The number of aryl methyl sites for hydroxylation is 1. The Morgan fingerprint density at radius 1 is 1.25 bits per heavy atom. The van der Waals surface area contributed by atoms with Gasteiger partial charge in [0.2, 0.25) is 10.0 Å². The Labute approximate surface area is 122 Å². The summed E-state index contributed by atoms with van der Waals surface area (Å²) in [6.45, 7) is 1.58. The first-order chi connectivity index (χ1) is 9.38. The minimum Gasteiger partial charge on any atom is -0.464 e. The number of hydrogen-bond acceptors (Lipinski definition) is 4. The van der Waals surface area contributed by atoms with E-state index in [2.05, 4.69) is 4.72 Å². The highest BCUT2D eigenvalue weighted by molar-refractivity contribution is 7.89. The first-order valence-electron chi connectivity index (χ1n) is 5.88. The van der Waals surface area contributed by atoms with Gasteiger partial charge in [-0.15, -0.1) is 0 Å². The number of rotatable bonds is 5. The zero-order valence-corrected chi connectivity index (χ0v) is 12.3. The van der Waals surface area contributed by atoms with Crippen LogP contribution in [0.25, 0.3) is 0 Å². The summed E-state index contributed by atoms with van der Waals surface area (Å²) < 4.78 is 31.5. The fraction of sp³-hybridized carbons (Fsp3) is 0.231. The lowest BCUT2D eigenvalue weighted by atomic mass is 10.3. The maximum atomic E-state index is 12.0. The molecule has 1 aromatic heterocycles. The molecule has 20 heavy (non-hydrogen) atoms. The van der Waals surface area contributed by atoms with E-state index in [4.69, 9.17) is 16.0 Å². The van der Waals surface area contributed by atoms with Gasteiger partial charge in [0, 0.05) is 11.6 Å². The third-order valence-corrected chi connectivity index (χ3v) is 4.37. The number of benzene rings is 1. The molecule has 7 heteroatoms. The van der Waals surface area contributed by atoms with Crippen LogP contribution in [0.1, 0.15) is 17.6 Å². The predicted octanol–water partition coefficient (Wildman–Crippen LogP) is 2.25. The first kappa shape index (κ1) is 15.1. The van der Waals surface area contributed by atoms with Gasteiger partial charge in [-0.25, -0.2) is 13.1 Å². The monoisotopic (exact) mass is 315 g/mol. The molecule has 1 atom stereocenters. The summed E-state index contributed by atoms with van der Waals surface area (Å²) in [5.41, 5.74) is 0. The molecule has 2 rings (SSSR count). The first-order valence-corrected chi connectivity index (χ1v) is 7.74. The summed E-state index contributed by atoms with van der Waals surface area (Å²) in [4.78, 5) is 0.0877. The molecule has 0 fully saturated rings. The van der Waals surface area contributed by atoms with Gasteiger partial charge >= 0.3 is 0 Å². The molecule has 1 heterocycles. The third kappa shape index (κ3) is 3.61. The average Bonchev–Trinajstić information content (AvgIpc) is 2.83. The van der Waals surface area contributed by atoms with Gasteiger partial charge in [0.1, 0.15) is 17.6 Å². The van der Waals surface area contributed by atoms with Crippen molar-refractivity contribution in [3.05, 3.63) is 52.9 Å². The van der Waals surface area contributed by atoms with Crippen molar-refractivity contribution in [2.24, 2.45) is 0 Å². The third-order valence-electron chi connectivity index (χ3n) is 2.68. The molecule has 1 aromatic carbocycles. The molecule has 0 bridgehead atoms. The van der Waals surface area contributed by atoms with Crippen molar-refractivity contribution in [1.29, 1.82) is 0 Å². The van der Waals surface area contributed by atoms with Crippen LogP contribution in [0, 0.1) is 6.92 Å². The summed E-state index contributed by atoms with van der Waals surface area (Å²) in [5.74, 6) is 0.973. The molecule has 1 unspecified atom stereocenters. The molecule has 0 saturated heterocycles. The Hall–Kier alpha value is -1.34. The number of aliphatic hydroxyl groups is 1. The number of aliphatic hydroxyl groups excluding tert-OH is 1. The molecular formula is C13H14ClNO4S. The van der Waals surface area contributed by atoms with Crippen LogP contribution in [-0.4, -0.2) is 20.1 Å². The van der Waals surface area contributed by atoms with Crippen LogP contribution < -0.4 is 4.72 Å². The molecule has 2 aromatic rings. The standard InChI is InChI=1S/C13H14ClNO4S/c1-9-2-7-13(19-9)12(16)8-15-20(17,18)11-5-3-10(14)4-6-11/h2-7,12,15-16H,8H2,1H3. The van der Waals surface area contributed by atoms with Crippen LogP contribution >= 0.6 is 11.6 Å². The van der Waals surface area contributed by atoms with E-state index in [9.17, 15) is 13.5 Å². The number of halogens is 1. The van der Waals surface area contributed by atoms with Crippen LogP contribution in [0.2, 0.25) is 5.02 Å². The lowest BCUT2D eigenvalue weighted by Gasteiger charge is -2.10. The lowest BCUT2D eigenvalue weighted by molar-refractivity contribution is 0.152. The minimum absolute atomic E-state index is 0.0877. The van der Waals surface area contributed by atoms with Gasteiger partial charge in [-0.2, -0.15) is 0 Å². The maximum absolute atomic E-state index is 12.0. The van der Waals surface area contributed by atoms with Crippen LogP contribution in [0.3, 0.4) is 0 Å². The summed E-state index contributed by atoms with van der Waals surface area (Å²) >= 11 is 5.70. The van der Waals surface area contributed by atoms with Gasteiger partial charge in [-0.05, 0) is 43.3 Å². The fourth-order valence-corrected chi connectivity index (χ4v) is 2.78. The second kappa shape index (κ2) is 5.97. The van der Waals surface area contributed by atoms with Crippen molar-refractivity contribution < 1.29 is 17.9 Å². The van der Waals surface area contributed by atoms with Gasteiger partial charge in [0.05, 0.1) is 4.90 Å². The molecule has 0 aliphatic carbocycles. The van der Waals surface area contributed by atoms with Crippen molar-refractivity contribution in [2.75, 3.05) is 6.54 Å². The van der Waals surface area contributed by atoms with E-state index < -0.39 is 16.1 Å². The Morgan fingerprint density at radius 3 is 2.45 bits per heavy atom. The molecule has 2 N–H and O–H groups in total. The molecule has 0 aliphatic rings. The smallest absolute Gasteiger partial charge is 0.240 e. The normalized spacial score (nSPS) is 13.3. The second-order valence-electron chi connectivity index (χ2n) is 4.27. The number of hydrogen-bond donors (Lipinski definition) is 2. The Balaban J connectivity index is 2.04. The highest BCUT2D eigenvalue weighted by Gasteiger charge is 2.18. The Kier molecular flexibility index (Phi) is 4.49. The van der Waals surface area contributed by atoms with Crippen LogP contribution in [0.15, 0.2) is 45.7 Å². The van der Waals surface area contributed by atoms with Crippen molar-refractivity contribution in [3.8, 4) is 0 Å².